The van der Waals surface area contributed by atoms with Gasteiger partial charge in [-0.1, -0.05) is 13.8 Å². The first-order chi connectivity index (χ1) is 8.49. The number of rotatable bonds is 5. The monoisotopic (exact) mass is 269 g/mol. The Hall–Kier alpha value is -1.36. The average molecular weight is 269 g/mol. The van der Waals surface area contributed by atoms with Gasteiger partial charge < -0.3 is 10.1 Å². The molecule has 0 fully saturated rings. The highest BCUT2D eigenvalue weighted by molar-refractivity contribution is 7.16. The quantitative estimate of drug-likeness (QED) is 0.835. The molecule has 0 saturated carbocycles. The van der Waals surface area contributed by atoms with Gasteiger partial charge in [-0.05, 0) is 26.3 Å². The van der Waals surface area contributed by atoms with Crippen LogP contribution in [0.2, 0.25) is 0 Å². The van der Waals surface area contributed by atoms with Gasteiger partial charge in [-0.25, -0.2) is 4.79 Å². The van der Waals surface area contributed by atoms with Crippen molar-refractivity contribution < 1.29 is 14.3 Å². The molecule has 18 heavy (non-hydrogen) atoms. The molecule has 4 nitrogen and oxygen atoms in total. The Bertz CT molecular complexity index is 439. The van der Waals surface area contributed by atoms with Gasteiger partial charge >= 0.3 is 5.97 Å². The summed E-state index contributed by atoms with van der Waals surface area (Å²) < 4.78 is 4.97. The lowest BCUT2D eigenvalue weighted by atomic mass is 10.1. The lowest BCUT2D eigenvalue weighted by molar-refractivity contribution is -0.119. The third-order valence-electron chi connectivity index (χ3n) is 2.65. The van der Waals surface area contributed by atoms with E-state index >= 15 is 0 Å². The van der Waals surface area contributed by atoms with E-state index in [1.165, 1.54) is 11.3 Å². The molecule has 1 amide bonds. The molecule has 0 aliphatic carbocycles. The zero-order chi connectivity index (χ0) is 13.7. The van der Waals surface area contributed by atoms with Gasteiger partial charge in [0.2, 0.25) is 5.91 Å². The SMILES string of the molecule is CCOC(=O)c1cc(C)sc1NC(=O)C(C)CC. The number of esters is 1. The van der Waals surface area contributed by atoms with Crippen LogP contribution in [0.15, 0.2) is 6.07 Å². The number of nitrogens with one attached hydrogen (secondary N) is 1. The van der Waals surface area contributed by atoms with Crippen molar-refractivity contribution in [1.82, 2.24) is 0 Å². The molecule has 1 heterocycles. The summed E-state index contributed by atoms with van der Waals surface area (Å²) in [5.74, 6) is -0.520. The smallest absolute Gasteiger partial charge is 0.341 e. The lowest BCUT2D eigenvalue weighted by Crippen LogP contribution is -2.20. The summed E-state index contributed by atoms with van der Waals surface area (Å²) in [5.41, 5.74) is 0.441. The maximum atomic E-state index is 11.8. The maximum Gasteiger partial charge on any atom is 0.341 e. The van der Waals surface area contributed by atoms with Crippen LogP contribution in [0.25, 0.3) is 0 Å². The van der Waals surface area contributed by atoms with Crippen LogP contribution in [0.3, 0.4) is 0 Å². The molecule has 5 heteroatoms. The highest BCUT2D eigenvalue weighted by atomic mass is 32.1. The summed E-state index contributed by atoms with van der Waals surface area (Å²) in [4.78, 5) is 24.5. The van der Waals surface area contributed by atoms with Crippen LogP contribution < -0.4 is 5.32 Å². The van der Waals surface area contributed by atoms with Gasteiger partial charge in [0, 0.05) is 10.8 Å². The van der Waals surface area contributed by atoms with Crippen LogP contribution in [-0.4, -0.2) is 18.5 Å². The highest BCUT2D eigenvalue weighted by Crippen LogP contribution is 2.28. The minimum atomic E-state index is -0.388. The van der Waals surface area contributed by atoms with E-state index in [1.54, 1.807) is 13.0 Å². The lowest BCUT2D eigenvalue weighted by Gasteiger charge is -2.09. The third-order valence-corrected chi connectivity index (χ3v) is 3.61. The fourth-order valence-electron chi connectivity index (χ4n) is 1.39. The first-order valence-corrected chi connectivity index (χ1v) is 6.89. The summed E-state index contributed by atoms with van der Waals surface area (Å²) in [6.45, 7) is 7.79. The first-order valence-electron chi connectivity index (χ1n) is 6.08. The summed E-state index contributed by atoms with van der Waals surface area (Å²) in [7, 11) is 0. The van der Waals surface area contributed by atoms with E-state index in [0.717, 1.165) is 11.3 Å². The molecule has 1 N–H and O–H groups in total. The Morgan fingerprint density at radius 1 is 1.44 bits per heavy atom. The van der Waals surface area contributed by atoms with E-state index in [0.29, 0.717) is 17.2 Å². The van der Waals surface area contributed by atoms with E-state index in [-0.39, 0.29) is 17.8 Å². The second kappa shape index (κ2) is 6.54. The van der Waals surface area contributed by atoms with Crippen LogP contribution in [0.4, 0.5) is 5.00 Å². The molecule has 0 aliphatic rings. The number of carbonyl (C=O) groups excluding carboxylic acids is 2. The van der Waals surface area contributed by atoms with Crippen LogP contribution in [0, 0.1) is 12.8 Å². The number of hydrogen-bond donors (Lipinski definition) is 1. The van der Waals surface area contributed by atoms with E-state index in [4.69, 9.17) is 4.74 Å². The summed E-state index contributed by atoms with van der Waals surface area (Å²) in [6, 6.07) is 1.74. The van der Waals surface area contributed by atoms with Gasteiger partial charge in [0.05, 0.1) is 12.2 Å². The second-order valence-corrected chi connectivity index (χ2v) is 5.38. The molecule has 0 aromatic carbocycles. The van der Waals surface area contributed by atoms with Gasteiger partial charge in [0.1, 0.15) is 5.00 Å². The summed E-state index contributed by atoms with van der Waals surface area (Å²) in [5, 5.41) is 3.38. The largest absolute Gasteiger partial charge is 0.462 e. The molecule has 1 aromatic heterocycles. The number of amides is 1. The number of ether oxygens (including phenoxy) is 1. The fraction of sp³-hybridized carbons (Fsp3) is 0.538. The molecular weight excluding hydrogens is 250 g/mol. The molecule has 0 saturated heterocycles. The minimum absolute atomic E-state index is 0.0649. The summed E-state index contributed by atoms with van der Waals surface area (Å²) >= 11 is 1.39. The van der Waals surface area contributed by atoms with Crippen molar-refractivity contribution in [2.75, 3.05) is 11.9 Å². The zero-order valence-electron chi connectivity index (χ0n) is 11.2. The number of anilines is 1. The van der Waals surface area contributed by atoms with Gasteiger partial charge in [-0.2, -0.15) is 0 Å². The summed E-state index contributed by atoms with van der Waals surface area (Å²) in [6.07, 6.45) is 0.769. The van der Waals surface area contributed by atoms with E-state index in [9.17, 15) is 9.59 Å². The Kier molecular flexibility index (Phi) is 5.34. The van der Waals surface area contributed by atoms with Crippen molar-refractivity contribution >= 4 is 28.2 Å². The Morgan fingerprint density at radius 3 is 2.67 bits per heavy atom. The van der Waals surface area contributed by atoms with E-state index < -0.39 is 0 Å². The van der Waals surface area contributed by atoms with Crippen molar-refractivity contribution in [1.29, 1.82) is 0 Å². The predicted octanol–water partition coefficient (Wildman–Crippen LogP) is 3.22. The van der Waals surface area contributed by atoms with Gasteiger partial charge in [0.15, 0.2) is 0 Å². The van der Waals surface area contributed by atoms with Crippen molar-refractivity contribution in [3.05, 3.63) is 16.5 Å². The van der Waals surface area contributed by atoms with Gasteiger partial charge in [-0.3, -0.25) is 4.79 Å². The van der Waals surface area contributed by atoms with Crippen LogP contribution in [-0.2, 0) is 9.53 Å². The Labute approximate surface area is 111 Å². The van der Waals surface area contributed by atoms with Gasteiger partial charge in [-0.15, -0.1) is 11.3 Å². The zero-order valence-corrected chi connectivity index (χ0v) is 12.0. The molecule has 0 bridgehead atoms. The molecule has 0 radical (unpaired) electrons. The van der Waals surface area contributed by atoms with Crippen LogP contribution in [0.1, 0.15) is 42.4 Å². The molecule has 1 aromatic rings. The standard InChI is InChI=1S/C13H19NO3S/c1-5-8(3)11(15)14-12-10(7-9(4)18-12)13(16)17-6-2/h7-8H,5-6H2,1-4H3,(H,14,15). The number of carbonyl (C=O) groups is 2. The van der Waals surface area contributed by atoms with Crippen LogP contribution in [0.5, 0.6) is 0 Å². The minimum Gasteiger partial charge on any atom is -0.462 e. The predicted molar refractivity (Wildman–Crippen MR) is 73.1 cm³/mol. The topological polar surface area (TPSA) is 55.4 Å². The number of aryl methyl sites for hydroxylation is 1. The number of hydrogen-bond acceptors (Lipinski definition) is 4. The third kappa shape index (κ3) is 3.57. The molecule has 1 rings (SSSR count). The average Bonchev–Trinajstić information content (AvgIpc) is 2.69. The van der Waals surface area contributed by atoms with Crippen molar-refractivity contribution in [2.45, 2.75) is 34.1 Å². The molecule has 1 unspecified atom stereocenters. The maximum absolute atomic E-state index is 11.8. The molecule has 1 atom stereocenters. The Balaban J connectivity index is 2.88. The molecule has 0 spiro atoms. The first kappa shape index (κ1) is 14.7. The van der Waals surface area contributed by atoms with Crippen molar-refractivity contribution in [2.24, 2.45) is 5.92 Å². The van der Waals surface area contributed by atoms with Crippen molar-refractivity contribution in [3.63, 3.8) is 0 Å². The van der Waals surface area contributed by atoms with E-state index in [2.05, 4.69) is 5.32 Å². The second-order valence-electron chi connectivity index (χ2n) is 4.12. The van der Waals surface area contributed by atoms with Crippen LogP contribution >= 0.6 is 11.3 Å². The van der Waals surface area contributed by atoms with Crippen molar-refractivity contribution in [3.8, 4) is 0 Å². The van der Waals surface area contributed by atoms with Gasteiger partial charge in [0.25, 0.3) is 0 Å². The molecule has 100 valence electrons. The number of thiophene rings is 1. The highest BCUT2D eigenvalue weighted by Gasteiger charge is 2.19. The Morgan fingerprint density at radius 2 is 2.11 bits per heavy atom. The molecular formula is C13H19NO3S. The van der Waals surface area contributed by atoms with E-state index in [1.807, 2.05) is 20.8 Å². The fourth-order valence-corrected chi connectivity index (χ4v) is 2.29. The molecule has 0 aliphatic heterocycles. The normalized spacial score (nSPS) is 12.0.